The summed E-state index contributed by atoms with van der Waals surface area (Å²) in [7, 11) is 2.72. The number of carboxylic acids is 1. The molecular formula is C13H22N2O6. The highest BCUT2D eigenvalue weighted by molar-refractivity contribution is 5.83. The standard InChI is InChI=1S/C13H22N2O6/c1-4-7-15(8-9-20-2)13(19)14-10(12(17)18)5-6-11(16)21-3/h4,10H,1,5-9H2,2-3H3,(H,14,19)(H,17,18)/t10-/m0/s1. The minimum Gasteiger partial charge on any atom is -0.480 e. The van der Waals surface area contributed by atoms with Crippen LogP contribution in [0.5, 0.6) is 0 Å². The summed E-state index contributed by atoms with van der Waals surface area (Å²) in [5, 5.41) is 11.4. The van der Waals surface area contributed by atoms with Gasteiger partial charge in [-0.2, -0.15) is 0 Å². The largest absolute Gasteiger partial charge is 0.480 e. The Morgan fingerprint density at radius 2 is 2.05 bits per heavy atom. The van der Waals surface area contributed by atoms with Crippen LogP contribution in [-0.2, 0) is 19.1 Å². The number of nitrogens with zero attached hydrogens (tertiary/aromatic N) is 1. The van der Waals surface area contributed by atoms with E-state index in [1.165, 1.54) is 25.2 Å². The maximum Gasteiger partial charge on any atom is 0.326 e. The zero-order valence-corrected chi connectivity index (χ0v) is 12.3. The first-order chi connectivity index (χ1) is 9.96. The number of urea groups is 1. The minimum atomic E-state index is -1.21. The molecule has 0 aromatic carbocycles. The topological polar surface area (TPSA) is 105 Å². The first-order valence-electron chi connectivity index (χ1n) is 6.41. The van der Waals surface area contributed by atoms with Crippen LogP contribution in [0.1, 0.15) is 12.8 Å². The molecule has 0 saturated heterocycles. The van der Waals surface area contributed by atoms with Crippen molar-refractivity contribution in [3.8, 4) is 0 Å². The van der Waals surface area contributed by atoms with Crippen LogP contribution in [0.15, 0.2) is 12.7 Å². The normalized spacial score (nSPS) is 11.3. The van der Waals surface area contributed by atoms with Crippen molar-refractivity contribution in [2.45, 2.75) is 18.9 Å². The molecule has 2 N–H and O–H groups in total. The quantitative estimate of drug-likeness (QED) is 0.442. The second-order valence-electron chi connectivity index (χ2n) is 4.18. The van der Waals surface area contributed by atoms with Gasteiger partial charge in [-0.15, -0.1) is 6.58 Å². The molecule has 8 nitrogen and oxygen atoms in total. The molecule has 0 aliphatic heterocycles. The molecular weight excluding hydrogens is 280 g/mol. The van der Waals surface area contributed by atoms with E-state index < -0.39 is 24.0 Å². The van der Waals surface area contributed by atoms with Gasteiger partial charge in [-0.1, -0.05) is 6.08 Å². The molecule has 0 spiro atoms. The molecule has 1 atom stereocenters. The SMILES string of the molecule is C=CCN(CCOC)C(=O)N[C@@H](CCC(=O)OC)C(=O)O. The van der Waals surface area contributed by atoms with Crippen LogP contribution < -0.4 is 5.32 Å². The van der Waals surface area contributed by atoms with Gasteiger partial charge in [-0.3, -0.25) is 4.79 Å². The second-order valence-corrected chi connectivity index (χ2v) is 4.18. The van der Waals surface area contributed by atoms with E-state index in [2.05, 4.69) is 16.6 Å². The first-order valence-corrected chi connectivity index (χ1v) is 6.41. The van der Waals surface area contributed by atoms with Crippen LogP contribution in [0.4, 0.5) is 4.79 Å². The molecule has 2 amide bonds. The number of rotatable bonds is 10. The number of hydrogen-bond acceptors (Lipinski definition) is 5. The number of methoxy groups -OCH3 is 2. The molecule has 0 saturated carbocycles. The van der Waals surface area contributed by atoms with Gasteiger partial charge < -0.3 is 24.8 Å². The Hall–Kier alpha value is -2.09. The summed E-state index contributed by atoms with van der Waals surface area (Å²) in [6, 6.07) is -1.71. The average molecular weight is 302 g/mol. The van der Waals surface area contributed by atoms with E-state index in [1.807, 2.05) is 0 Å². The second kappa shape index (κ2) is 10.7. The molecule has 21 heavy (non-hydrogen) atoms. The summed E-state index contributed by atoms with van der Waals surface area (Å²) in [5.41, 5.74) is 0. The molecule has 0 aromatic rings. The van der Waals surface area contributed by atoms with Gasteiger partial charge in [0.25, 0.3) is 0 Å². The Morgan fingerprint density at radius 1 is 1.38 bits per heavy atom. The van der Waals surface area contributed by atoms with Crippen molar-refractivity contribution in [1.29, 1.82) is 0 Å². The van der Waals surface area contributed by atoms with Crippen molar-refractivity contribution in [3.63, 3.8) is 0 Å². The molecule has 0 heterocycles. The minimum absolute atomic E-state index is 0.0417. The predicted octanol–water partition coefficient (Wildman–Crippen LogP) is 0.237. The Kier molecular flexibility index (Phi) is 9.61. The smallest absolute Gasteiger partial charge is 0.326 e. The van der Waals surface area contributed by atoms with Gasteiger partial charge in [-0.25, -0.2) is 9.59 Å². The number of carbonyl (C=O) groups excluding carboxylic acids is 2. The van der Waals surface area contributed by atoms with Crippen molar-refractivity contribution >= 4 is 18.0 Å². The van der Waals surface area contributed by atoms with Gasteiger partial charge in [-0.05, 0) is 6.42 Å². The Balaban J connectivity index is 4.57. The number of esters is 1. The molecule has 0 bridgehead atoms. The van der Waals surface area contributed by atoms with E-state index in [0.717, 1.165) is 0 Å². The van der Waals surface area contributed by atoms with E-state index in [9.17, 15) is 14.4 Å². The number of aliphatic carboxylic acids is 1. The lowest BCUT2D eigenvalue weighted by Crippen LogP contribution is -2.49. The Morgan fingerprint density at radius 3 is 2.52 bits per heavy atom. The van der Waals surface area contributed by atoms with E-state index in [-0.39, 0.29) is 19.4 Å². The summed E-state index contributed by atoms with van der Waals surface area (Å²) in [5.74, 6) is -1.74. The number of amides is 2. The third kappa shape index (κ3) is 7.93. The van der Waals surface area contributed by atoms with Crippen LogP contribution in [0.2, 0.25) is 0 Å². The lowest BCUT2D eigenvalue weighted by atomic mass is 10.1. The fraction of sp³-hybridized carbons (Fsp3) is 0.615. The van der Waals surface area contributed by atoms with E-state index in [4.69, 9.17) is 9.84 Å². The molecule has 0 radical (unpaired) electrons. The van der Waals surface area contributed by atoms with Crippen molar-refractivity contribution in [2.24, 2.45) is 0 Å². The Bertz CT molecular complexity index is 372. The van der Waals surface area contributed by atoms with Crippen molar-refractivity contribution in [2.75, 3.05) is 33.9 Å². The molecule has 0 aliphatic carbocycles. The van der Waals surface area contributed by atoms with Gasteiger partial charge in [0.2, 0.25) is 0 Å². The number of carbonyl (C=O) groups is 3. The number of carboxylic acid groups (broad SMARTS) is 1. The highest BCUT2D eigenvalue weighted by Gasteiger charge is 2.23. The van der Waals surface area contributed by atoms with Crippen molar-refractivity contribution in [3.05, 3.63) is 12.7 Å². The molecule has 0 unspecified atom stereocenters. The van der Waals surface area contributed by atoms with E-state index in [0.29, 0.717) is 13.2 Å². The zero-order chi connectivity index (χ0) is 16.3. The number of nitrogens with one attached hydrogen (secondary N) is 1. The third-order valence-corrected chi connectivity index (χ3v) is 2.66. The summed E-state index contributed by atoms with van der Waals surface area (Å²) in [4.78, 5) is 35.5. The maximum atomic E-state index is 12.0. The molecule has 0 rings (SSSR count). The van der Waals surface area contributed by atoms with E-state index >= 15 is 0 Å². The zero-order valence-electron chi connectivity index (χ0n) is 12.3. The van der Waals surface area contributed by atoms with Gasteiger partial charge in [0.05, 0.1) is 13.7 Å². The van der Waals surface area contributed by atoms with Gasteiger partial charge in [0.15, 0.2) is 0 Å². The van der Waals surface area contributed by atoms with Crippen LogP contribution in [0.25, 0.3) is 0 Å². The van der Waals surface area contributed by atoms with E-state index in [1.54, 1.807) is 0 Å². The Labute approximate surface area is 123 Å². The van der Waals surface area contributed by atoms with Gasteiger partial charge in [0, 0.05) is 26.6 Å². The molecule has 0 fully saturated rings. The van der Waals surface area contributed by atoms with Gasteiger partial charge >= 0.3 is 18.0 Å². The molecule has 0 aliphatic rings. The van der Waals surface area contributed by atoms with Gasteiger partial charge in [0.1, 0.15) is 6.04 Å². The molecule has 120 valence electrons. The number of hydrogen-bond donors (Lipinski definition) is 2. The highest BCUT2D eigenvalue weighted by Crippen LogP contribution is 2.01. The fourth-order valence-electron chi connectivity index (χ4n) is 1.50. The first kappa shape index (κ1) is 18.9. The molecule has 8 heteroatoms. The lowest BCUT2D eigenvalue weighted by Gasteiger charge is -2.23. The summed E-state index contributed by atoms with van der Waals surface area (Å²) in [6.45, 7) is 4.42. The fourth-order valence-corrected chi connectivity index (χ4v) is 1.50. The average Bonchev–Trinajstić information content (AvgIpc) is 2.46. The van der Waals surface area contributed by atoms with Crippen LogP contribution in [-0.4, -0.2) is 67.9 Å². The molecule has 0 aromatic heterocycles. The summed E-state index contributed by atoms with van der Waals surface area (Å²) in [6.07, 6.45) is 1.40. The van der Waals surface area contributed by atoms with Crippen molar-refractivity contribution < 1.29 is 29.0 Å². The summed E-state index contributed by atoms with van der Waals surface area (Å²) < 4.78 is 9.32. The third-order valence-electron chi connectivity index (χ3n) is 2.66. The summed E-state index contributed by atoms with van der Waals surface area (Å²) >= 11 is 0. The highest BCUT2D eigenvalue weighted by atomic mass is 16.5. The lowest BCUT2D eigenvalue weighted by molar-refractivity contribution is -0.142. The van der Waals surface area contributed by atoms with Crippen LogP contribution >= 0.6 is 0 Å². The van der Waals surface area contributed by atoms with Crippen LogP contribution in [0.3, 0.4) is 0 Å². The maximum absolute atomic E-state index is 12.0. The van der Waals surface area contributed by atoms with Crippen molar-refractivity contribution in [1.82, 2.24) is 10.2 Å². The monoisotopic (exact) mass is 302 g/mol. The number of ether oxygens (including phenoxy) is 2. The van der Waals surface area contributed by atoms with Crippen LogP contribution in [0, 0.1) is 0 Å². The predicted molar refractivity (Wildman–Crippen MR) is 74.9 cm³/mol.